The Morgan fingerprint density at radius 1 is 0.925 bits per heavy atom. The van der Waals surface area contributed by atoms with Crippen LogP contribution in [-0.2, 0) is 14.3 Å². The predicted molar refractivity (Wildman–Crippen MR) is 149 cm³/mol. The monoisotopic (exact) mass is 545 g/mol. The Bertz CT molecular complexity index is 1440. The molecule has 1 atom stereocenters. The maximum Gasteiger partial charge on any atom is 0.338 e. The maximum absolute atomic E-state index is 13.5. The van der Waals surface area contributed by atoms with Crippen LogP contribution < -0.4 is 14.4 Å². The first-order valence-corrected chi connectivity index (χ1v) is 13.0. The normalized spacial score (nSPS) is 16.3. The quantitative estimate of drug-likeness (QED) is 0.159. The van der Waals surface area contributed by atoms with Crippen LogP contribution in [0.25, 0.3) is 5.76 Å². The van der Waals surface area contributed by atoms with E-state index in [1.54, 1.807) is 51.1 Å². The van der Waals surface area contributed by atoms with Crippen molar-refractivity contribution >= 4 is 29.1 Å². The molecule has 1 aliphatic heterocycles. The fourth-order valence-corrected chi connectivity index (χ4v) is 4.49. The molecule has 0 radical (unpaired) electrons. The molecular weight excluding hydrogens is 514 g/mol. The summed E-state index contributed by atoms with van der Waals surface area (Å²) in [6, 6.07) is 15.9. The SMILES string of the molecule is CCOc1ccc(/C(O)=C2/C(=O)C(=O)N(c3ccc(C(=O)OC(C)C)cc3)C2c2ccc(O)cc2)c(OCC)c1. The van der Waals surface area contributed by atoms with Gasteiger partial charge < -0.3 is 24.4 Å². The standard InChI is InChI=1S/C31H31NO8/c1-5-38-23-15-16-24(25(17-23)39-6-2)28(34)26-27(19-9-13-22(33)14-10-19)32(30(36)29(26)35)21-11-7-20(8-12-21)31(37)40-18(3)4/h7-18,27,33-34H,5-6H2,1-4H3/b28-26-. The van der Waals surface area contributed by atoms with Crippen LogP contribution in [-0.4, -0.2) is 47.2 Å². The van der Waals surface area contributed by atoms with Crippen molar-refractivity contribution < 1.29 is 38.8 Å². The van der Waals surface area contributed by atoms with Crippen molar-refractivity contribution in [3.63, 3.8) is 0 Å². The highest BCUT2D eigenvalue weighted by molar-refractivity contribution is 6.51. The van der Waals surface area contributed by atoms with Crippen LogP contribution in [0, 0.1) is 0 Å². The molecule has 0 saturated carbocycles. The number of esters is 1. The van der Waals surface area contributed by atoms with E-state index in [-0.39, 0.29) is 40.9 Å². The average Bonchev–Trinajstić information content (AvgIpc) is 3.19. The summed E-state index contributed by atoms with van der Waals surface area (Å²) in [5, 5.41) is 21.4. The van der Waals surface area contributed by atoms with Gasteiger partial charge in [-0.25, -0.2) is 4.79 Å². The van der Waals surface area contributed by atoms with Crippen LogP contribution >= 0.6 is 0 Å². The number of aliphatic hydroxyl groups is 1. The number of aromatic hydroxyl groups is 1. The minimum absolute atomic E-state index is 0.00105. The number of ketones is 1. The maximum atomic E-state index is 13.5. The second-order valence-corrected chi connectivity index (χ2v) is 9.29. The van der Waals surface area contributed by atoms with Crippen molar-refractivity contribution in [1.29, 1.82) is 0 Å². The lowest BCUT2D eigenvalue weighted by Gasteiger charge is -2.26. The molecular formula is C31H31NO8. The number of hydrogen-bond acceptors (Lipinski definition) is 8. The first-order chi connectivity index (χ1) is 19.2. The van der Waals surface area contributed by atoms with E-state index >= 15 is 0 Å². The van der Waals surface area contributed by atoms with E-state index in [0.717, 1.165) is 0 Å². The summed E-state index contributed by atoms with van der Waals surface area (Å²) in [5.41, 5.74) is 1.16. The molecule has 4 rings (SSSR count). The molecule has 9 nitrogen and oxygen atoms in total. The largest absolute Gasteiger partial charge is 0.508 e. The van der Waals surface area contributed by atoms with E-state index in [2.05, 4.69) is 0 Å². The molecule has 2 N–H and O–H groups in total. The van der Waals surface area contributed by atoms with Crippen LogP contribution in [0.15, 0.2) is 72.3 Å². The minimum Gasteiger partial charge on any atom is -0.508 e. The van der Waals surface area contributed by atoms with Gasteiger partial charge in [-0.3, -0.25) is 14.5 Å². The predicted octanol–water partition coefficient (Wildman–Crippen LogP) is 5.38. The summed E-state index contributed by atoms with van der Waals surface area (Å²) < 4.78 is 16.5. The second-order valence-electron chi connectivity index (χ2n) is 9.29. The zero-order valence-corrected chi connectivity index (χ0v) is 22.7. The number of carbonyl (C=O) groups excluding carboxylic acids is 3. The molecule has 0 spiro atoms. The van der Waals surface area contributed by atoms with Crippen molar-refractivity contribution in [3.8, 4) is 17.2 Å². The molecule has 1 amide bonds. The molecule has 9 heteroatoms. The van der Waals surface area contributed by atoms with Gasteiger partial charge in [0.15, 0.2) is 0 Å². The van der Waals surface area contributed by atoms with Gasteiger partial charge in [-0.05, 0) is 81.8 Å². The third kappa shape index (κ3) is 5.63. The fraction of sp³-hybridized carbons (Fsp3) is 0.258. The van der Waals surface area contributed by atoms with Gasteiger partial charge in [0, 0.05) is 11.8 Å². The number of aliphatic hydroxyl groups excluding tert-OH is 1. The summed E-state index contributed by atoms with van der Waals surface area (Å²) in [6.07, 6.45) is -0.302. The van der Waals surface area contributed by atoms with E-state index in [4.69, 9.17) is 14.2 Å². The molecule has 1 saturated heterocycles. The third-order valence-electron chi connectivity index (χ3n) is 6.20. The summed E-state index contributed by atoms with van der Waals surface area (Å²) in [5.74, 6) is -1.88. The summed E-state index contributed by atoms with van der Waals surface area (Å²) in [7, 11) is 0. The topological polar surface area (TPSA) is 123 Å². The minimum atomic E-state index is -1.03. The number of carbonyl (C=O) groups is 3. The molecule has 1 heterocycles. The van der Waals surface area contributed by atoms with Crippen molar-refractivity contribution in [1.82, 2.24) is 0 Å². The van der Waals surface area contributed by atoms with E-state index in [0.29, 0.717) is 23.6 Å². The van der Waals surface area contributed by atoms with Crippen LogP contribution in [0.3, 0.4) is 0 Å². The number of Topliss-reactive ketones (excluding diaryl/α,β-unsaturated/α-hetero) is 1. The number of amides is 1. The van der Waals surface area contributed by atoms with Crippen molar-refractivity contribution in [2.75, 3.05) is 18.1 Å². The first kappa shape index (κ1) is 28.2. The lowest BCUT2D eigenvalue weighted by Crippen LogP contribution is -2.29. The van der Waals surface area contributed by atoms with Gasteiger partial charge >= 0.3 is 5.97 Å². The number of phenolic OH excluding ortho intramolecular Hbond substituents is 1. The lowest BCUT2D eigenvalue weighted by atomic mass is 9.94. The molecule has 0 aromatic heterocycles. The molecule has 208 valence electrons. The number of ether oxygens (including phenoxy) is 3. The van der Waals surface area contributed by atoms with Gasteiger partial charge in [-0.1, -0.05) is 12.1 Å². The summed E-state index contributed by atoms with van der Waals surface area (Å²) >= 11 is 0. The Morgan fingerprint density at radius 2 is 1.57 bits per heavy atom. The van der Waals surface area contributed by atoms with Crippen LogP contribution in [0.4, 0.5) is 5.69 Å². The number of rotatable bonds is 9. The van der Waals surface area contributed by atoms with E-state index in [9.17, 15) is 24.6 Å². The molecule has 3 aromatic carbocycles. The molecule has 0 aliphatic carbocycles. The van der Waals surface area contributed by atoms with Crippen molar-refractivity contribution in [2.45, 2.75) is 39.8 Å². The number of anilines is 1. The molecule has 40 heavy (non-hydrogen) atoms. The highest BCUT2D eigenvalue weighted by Crippen LogP contribution is 2.44. The third-order valence-corrected chi connectivity index (χ3v) is 6.20. The Labute approximate surface area is 232 Å². The number of benzene rings is 3. The summed E-state index contributed by atoms with van der Waals surface area (Å²) in [6.45, 7) is 7.82. The molecule has 1 fully saturated rings. The van der Waals surface area contributed by atoms with Crippen LogP contribution in [0.1, 0.15) is 55.2 Å². The van der Waals surface area contributed by atoms with E-state index < -0.39 is 29.5 Å². The van der Waals surface area contributed by atoms with Crippen molar-refractivity contribution in [3.05, 3.63) is 89.0 Å². The van der Waals surface area contributed by atoms with Crippen LogP contribution in [0.2, 0.25) is 0 Å². The highest BCUT2D eigenvalue weighted by Gasteiger charge is 2.47. The summed E-state index contributed by atoms with van der Waals surface area (Å²) in [4.78, 5) is 40.5. The highest BCUT2D eigenvalue weighted by atomic mass is 16.5. The first-order valence-electron chi connectivity index (χ1n) is 13.0. The van der Waals surface area contributed by atoms with Gasteiger partial charge in [-0.15, -0.1) is 0 Å². The zero-order valence-electron chi connectivity index (χ0n) is 22.7. The number of hydrogen-bond donors (Lipinski definition) is 2. The molecule has 1 unspecified atom stereocenters. The van der Waals surface area contributed by atoms with Gasteiger partial charge in [0.05, 0.1) is 42.1 Å². The van der Waals surface area contributed by atoms with E-state index in [1.165, 1.54) is 41.3 Å². The second kappa shape index (κ2) is 11.9. The van der Waals surface area contributed by atoms with Crippen molar-refractivity contribution in [2.24, 2.45) is 0 Å². The van der Waals surface area contributed by atoms with Gasteiger partial charge in [0.25, 0.3) is 11.7 Å². The average molecular weight is 546 g/mol. The fourth-order valence-electron chi connectivity index (χ4n) is 4.49. The molecule has 3 aromatic rings. The molecule has 0 bridgehead atoms. The lowest BCUT2D eigenvalue weighted by molar-refractivity contribution is -0.132. The Balaban J connectivity index is 1.86. The number of phenols is 1. The van der Waals surface area contributed by atoms with Gasteiger partial charge in [0.2, 0.25) is 0 Å². The smallest absolute Gasteiger partial charge is 0.338 e. The van der Waals surface area contributed by atoms with Gasteiger partial charge in [-0.2, -0.15) is 0 Å². The van der Waals surface area contributed by atoms with Crippen LogP contribution in [0.5, 0.6) is 17.2 Å². The Hall–Kier alpha value is -4.79. The van der Waals surface area contributed by atoms with Gasteiger partial charge in [0.1, 0.15) is 23.0 Å². The zero-order chi connectivity index (χ0) is 29.0. The van der Waals surface area contributed by atoms with E-state index in [1.807, 2.05) is 6.92 Å². The Kier molecular flexibility index (Phi) is 8.43. The Morgan fingerprint density at radius 3 is 2.17 bits per heavy atom. The number of nitrogens with zero attached hydrogens (tertiary/aromatic N) is 1. The molecule has 1 aliphatic rings.